The number of fused-ring (bicyclic) bond motifs is 1. The van der Waals surface area contributed by atoms with Gasteiger partial charge in [-0.25, -0.2) is 4.79 Å². The van der Waals surface area contributed by atoms with Crippen molar-refractivity contribution in [3.63, 3.8) is 0 Å². The van der Waals surface area contributed by atoms with E-state index < -0.39 is 5.97 Å². The van der Waals surface area contributed by atoms with Gasteiger partial charge in [-0.05, 0) is 40.1 Å². The number of benzene rings is 3. The van der Waals surface area contributed by atoms with E-state index in [1.54, 1.807) is 6.08 Å². The standard InChI is InChI=1S/C23H18O3/c1-2-16-25-23(24)15-12-18-10-13-21(14-11-18)26-17-20-8-5-7-19-6-3-4-9-22(19)20/h1,3-15H,16-17H2/b15-12+. The minimum absolute atomic E-state index is 0.0237. The monoisotopic (exact) mass is 342 g/mol. The number of esters is 1. The lowest BCUT2D eigenvalue weighted by Crippen LogP contribution is -1.99. The van der Waals surface area contributed by atoms with Crippen LogP contribution in [0.1, 0.15) is 11.1 Å². The molecule has 0 N–H and O–H groups in total. The minimum Gasteiger partial charge on any atom is -0.489 e. The van der Waals surface area contributed by atoms with E-state index in [2.05, 4.69) is 30.2 Å². The number of carbonyl (C=O) groups excluding carboxylic acids is 1. The molecule has 26 heavy (non-hydrogen) atoms. The quantitative estimate of drug-likeness (QED) is 0.373. The van der Waals surface area contributed by atoms with Gasteiger partial charge in [-0.15, -0.1) is 6.42 Å². The van der Waals surface area contributed by atoms with Gasteiger partial charge in [0.05, 0.1) is 0 Å². The maximum atomic E-state index is 11.4. The molecule has 0 saturated heterocycles. The number of ether oxygens (including phenoxy) is 2. The Balaban J connectivity index is 1.62. The number of hydrogen-bond donors (Lipinski definition) is 0. The second-order valence-electron chi connectivity index (χ2n) is 5.64. The fourth-order valence-electron chi connectivity index (χ4n) is 2.58. The topological polar surface area (TPSA) is 35.5 Å². The minimum atomic E-state index is -0.459. The Labute approximate surface area is 152 Å². The third-order valence-electron chi connectivity index (χ3n) is 3.86. The molecule has 0 fully saturated rings. The van der Waals surface area contributed by atoms with E-state index in [9.17, 15) is 4.79 Å². The number of hydrogen-bond acceptors (Lipinski definition) is 3. The lowest BCUT2D eigenvalue weighted by Gasteiger charge is -2.09. The third kappa shape index (κ3) is 4.52. The summed E-state index contributed by atoms with van der Waals surface area (Å²) in [6, 6.07) is 21.9. The molecule has 0 heterocycles. The normalized spacial score (nSPS) is 10.6. The molecule has 0 aliphatic heterocycles. The summed E-state index contributed by atoms with van der Waals surface area (Å²) in [5.74, 6) is 2.56. The predicted octanol–water partition coefficient (Wildman–Crippen LogP) is 4.61. The molecule has 0 aliphatic carbocycles. The van der Waals surface area contributed by atoms with Gasteiger partial charge < -0.3 is 9.47 Å². The molecule has 3 heteroatoms. The summed E-state index contributed by atoms with van der Waals surface area (Å²) < 4.78 is 10.7. The van der Waals surface area contributed by atoms with Crippen LogP contribution in [-0.2, 0) is 16.1 Å². The number of rotatable bonds is 6. The van der Waals surface area contributed by atoms with Gasteiger partial charge in [-0.3, -0.25) is 0 Å². The first-order valence-electron chi connectivity index (χ1n) is 8.24. The maximum Gasteiger partial charge on any atom is 0.331 e. The van der Waals surface area contributed by atoms with Crippen LogP contribution >= 0.6 is 0 Å². The first kappa shape index (κ1) is 17.3. The van der Waals surface area contributed by atoms with Crippen molar-refractivity contribution in [3.05, 3.63) is 83.9 Å². The van der Waals surface area contributed by atoms with Crippen molar-refractivity contribution in [3.8, 4) is 18.1 Å². The van der Waals surface area contributed by atoms with Gasteiger partial charge in [0.25, 0.3) is 0 Å². The van der Waals surface area contributed by atoms with Gasteiger partial charge in [0.2, 0.25) is 0 Å². The zero-order valence-corrected chi connectivity index (χ0v) is 14.2. The zero-order valence-electron chi connectivity index (χ0n) is 14.2. The lowest BCUT2D eigenvalue weighted by atomic mass is 10.1. The molecule has 3 nitrogen and oxygen atoms in total. The Morgan fingerprint density at radius 2 is 1.77 bits per heavy atom. The van der Waals surface area contributed by atoms with Crippen molar-refractivity contribution >= 4 is 22.8 Å². The van der Waals surface area contributed by atoms with Crippen LogP contribution in [0.4, 0.5) is 0 Å². The highest BCUT2D eigenvalue weighted by atomic mass is 16.5. The first-order valence-corrected chi connectivity index (χ1v) is 8.24. The van der Waals surface area contributed by atoms with E-state index in [1.165, 1.54) is 16.8 Å². The number of terminal acetylenes is 1. The Morgan fingerprint density at radius 3 is 2.58 bits per heavy atom. The molecule has 0 spiro atoms. The SMILES string of the molecule is C#CCOC(=O)/C=C/c1ccc(OCc2cccc3ccccc23)cc1. The van der Waals surface area contributed by atoms with Crippen molar-refractivity contribution < 1.29 is 14.3 Å². The second kappa shape index (κ2) is 8.55. The van der Waals surface area contributed by atoms with Crippen molar-refractivity contribution in [2.75, 3.05) is 6.61 Å². The maximum absolute atomic E-state index is 11.4. The molecule has 3 aromatic carbocycles. The van der Waals surface area contributed by atoms with Crippen LogP contribution in [0.25, 0.3) is 16.8 Å². The van der Waals surface area contributed by atoms with Crippen LogP contribution in [-0.4, -0.2) is 12.6 Å². The summed E-state index contributed by atoms with van der Waals surface area (Å²) in [5, 5.41) is 2.39. The second-order valence-corrected chi connectivity index (χ2v) is 5.64. The van der Waals surface area contributed by atoms with Gasteiger partial charge in [-0.2, -0.15) is 0 Å². The molecule has 0 aromatic heterocycles. The Kier molecular flexibility index (Phi) is 5.69. The average molecular weight is 342 g/mol. The molecule has 0 atom stereocenters. The van der Waals surface area contributed by atoms with Gasteiger partial charge >= 0.3 is 5.97 Å². The molecule has 0 aliphatic rings. The van der Waals surface area contributed by atoms with Crippen LogP contribution in [0.5, 0.6) is 5.75 Å². The Bertz CT molecular complexity index is 957. The van der Waals surface area contributed by atoms with Crippen LogP contribution in [0.2, 0.25) is 0 Å². The Hall–Kier alpha value is -3.51. The largest absolute Gasteiger partial charge is 0.489 e. The van der Waals surface area contributed by atoms with Crippen molar-refractivity contribution in [2.24, 2.45) is 0 Å². The smallest absolute Gasteiger partial charge is 0.331 e. The highest BCUT2D eigenvalue weighted by Gasteiger charge is 2.02. The fraction of sp³-hybridized carbons (Fsp3) is 0.0870. The van der Waals surface area contributed by atoms with Crippen molar-refractivity contribution in [1.82, 2.24) is 0 Å². The van der Waals surface area contributed by atoms with E-state index >= 15 is 0 Å². The fourth-order valence-corrected chi connectivity index (χ4v) is 2.58. The highest BCUT2D eigenvalue weighted by Crippen LogP contribution is 2.21. The van der Waals surface area contributed by atoms with Crippen molar-refractivity contribution in [1.29, 1.82) is 0 Å². The van der Waals surface area contributed by atoms with Crippen LogP contribution in [0.3, 0.4) is 0 Å². The molecule has 0 saturated carbocycles. The summed E-state index contributed by atoms with van der Waals surface area (Å²) in [4.78, 5) is 11.4. The van der Waals surface area contributed by atoms with Crippen LogP contribution in [0.15, 0.2) is 72.8 Å². The predicted molar refractivity (Wildman–Crippen MR) is 104 cm³/mol. The van der Waals surface area contributed by atoms with Crippen LogP contribution < -0.4 is 4.74 Å². The summed E-state index contributed by atoms with van der Waals surface area (Å²) in [6.45, 7) is 0.471. The summed E-state index contributed by atoms with van der Waals surface area (Å²) in [6.07, 6.45) is 8.06. The van der Waals surface area contributed by atoms with E-state index in [0.717, 1.165) is 16.9 Å². The molecule has 3 aromatic rings. The zero-order chi connectivity index (χ0) is 18.2. The van der Waals surface area contributed by atoms with Gasteiger partial charge in [-0.1, -0.05) is 60.5 Å². The molecule has 0 amide bonds. The van der Waals surface area contributed by atoms with Crippen molar-refractivity contribution in [2.45, 2.75) is 6.61 Å². The van der Waals surface area contributed by atoms with Gasteiger partial charge in [0, 0.05) is 6.08 Å². The third-order valence-corrected chi connectivity index (χ3v) is 3.86. The molecule has 128 valence electrons. The van der Waals surface area contributed by atoms with Gasteiger partial charge in [0.15, 0.2) is 6.61 Å². The lowest BCUT2D eigenvalue weighted by molar-refractivity contribution is -0.136. The molecule has 0 unspecified atom stereocenters. The van der Waals surface area contributed by atoms with E-state index in [4.69, 9.17) is 15.9 Å². The molecule has 3 rings (SSSR count). The molecule has 0 radical (unpaired) electrons. The summed E-state index contributed by atoms with van der Waals surface area (Å²) >= 11 is 0. The molecular formula is C23H18O3. The number of carbonyl (C=O) groups is 1. The van der Waals surface area contributed by atoms with E-state index in [1.807, 2.05) is 42.5 Å². The van der Waals surface area contributed by atoms with Gasteiger partial charge in [0.1, 0.15) is 12.4 Å². The van der Waals surface area contributed by atoms with E-state index in [-0.39, 0.29) is 6.61 Å². The summed E-state index contributed by atoms with van der Waals surface area (Å²) in [7, 11) is 0. The Morgan fingerprint density at radius 1 is 1.00 bits per heavy atom. The first-order chi connectivity index (χ1) is 12.8. The van der Waals surface area contributed by atoms with Crippen LogP contribution in [0, 0.1) is 12.3 Å². The molecular weight excluding hydrogens is 324 g/mol. The van der Waals surface area contributed by atoms with E-state index in [0.29, 0.717) is 6.61 Å². The average Bonchev–Trinajstić information content (AvgIpc) is 2.70. The summed E-state index contributed by atoms with van der Waals surface area (Å²) in [5.41, 5.74) is 2.02. The highest BCUT2D eigenvalue weighted by molar-refractivity contribution is 5.87. The molecule has 0 bridgehead atoms.